The number of ether oxygens (including phenoxy) is 1. The molecule has 2 aromatic carbocycles. The highest BCUT2D eigenvalue weighted by Crippen LogP contribution is 2.33. The number of halogens is 1. The molecular weight excluding hydrogens is 479 g/mol. The van der Waals surface area contributed by atoms with Crippen molar-refractivity contribution in [2.75, 3.05) is 18.0 Å². The zero-order chi connectivity index (χ0) is 26.8. The first kappa shape index (κ1) is 25.8. The highest BCUT2D eigenvalue weighted by molar-refractivity contribution is 5.94. The number of fused-ring (bicyclic) bond motifs is 1. The van der Waals surface area contributed by atoms with Crippen LogP contribution in [0.3, 0.4) is 0 Å². The van der Waals surface area contributed by atoms with E-state index in [1.165, 1.54) is 5.69 Å². The maximum absolute atomic E-state index is 15.2. The average molecular weight is 515 g/mol. The minimum atomic E-state index is -0.223. The number of carbonyl (C=O) groups is 1. The molecule has 7 heteroatoms. The number of piperidine rings is 1. The van der Waals surface area contributed by atoms with Gasteiger partial charge in [0.2, 0.25) is 0 Å². The number of rotatable bonds is 7. The topological polar surface area (TPSA) is 58.9 Å². The Balaban J connectivity index is 1.18. The molecule has 6 nitrogen and oxygen atoms in total. The molecule has 2 aromatic heterocycles. The van der Waals surface area contributed by atoms with E-state index in [-0.39, 0.29) is 30.3 Å². The number of aryl methyl sites for hydroxylation is 2. The fourth-order valence-electron chi connectivity index (χ4n) is 5.27. The molecular formula is C31H35FN4O2. The molecule has 4 aromatic rings. The van der Waals surface area contributed by atoms with Gasteiger partial charge in [-0.2, -0.15) is 0 Å². The summed E-state index contributed by atoms with van der Waals surface area (Å²) in [6.07, 6.45) is 3.80. The molecule has 1 N–H and O–H groups in total. The average Bonchev–Trinajstić information content (AvgIpc) is 3.22. The highest BCUT2D eigenvalue weighted by atomic mass is 19.1. The number of benzene rings is 2. The van der Waals surface area contributed by atoms with E-state index in [1.54, 1.807) is 10.5 Å². The molecule has 0 unspecified atom stereocenters. The van der Waals surface area contributed by atoms with E-state index in [4.69, 9.17) is 4.74 Å². The van der Waals surface area contributed by atoms with Gasteiger partial charge in [-0.1, -0.05) is 12.1 Å². The van der Waals surface area contributed by atoms with Crippen LogP contribution in [-0.2, 0) is 6.54 Å². The van der Waals surface area contributed by atoms with Crippen molar-refractivity contribution in [1.29, 1.82) is 0 Å². The summed E-state index contributed by atoms with van der Waals surface area (Å²) in [4.78, 5) is 19.8. The molecule has 198 valence electrons. The smallest absolute Gasteiger partial charge is 0.270 e. The van der Waals surface area contributed by atoms with E-state index in [0.29, 0.717) is 11.4 Å². The van der Waals surface area contributed by atoms with Gasteiger partial charge in [0.25, 0.3) is 5.91 Å². The van der Waals surface area contributed by atoms with Crippen LogP contribution in [0.5, 0.6) is 5.75 Å². The summed E-state index contributed by atoms with van der Waals surface area (Å²) >= 11 is 0. The quantitative estimate of drug-likeness (QED) is 0.319. The number of amides is 1. The van der Waals surface area contributed by atoms with Crippen LogP contribution in [-0.4, -0.2) is 34.5 Å². The third-order valence-electron chi connectivity index (χ3n) is 7.20. The number of carbonyl (C=O) groups excluding carboxylic acids is 1. The Bertz CT molecular complexity index is 1440. The summed E-state index contributed by atoms with van der Waals surface area (Å²) in [5.41, 5.74) is 5.67. The number of hydrogen-bond donors (Lipinski definition) is 1. The largest absolute Gasteiger partial charge is 0.491 e. The van der Waals surface area contributed by atoms with E-state index in [2.05, 4.69) is 27.3 Å². The van der Waals surface area contributed by atoms with Crippen molar-refractivity contribution in [3.63, 3.8) is 0 Å². The van der Waals surface area contributed by atoms with Crippen molar-refractivity contribution >= 4 is 17.2 Å². The molecule has 1 aliphatic heterocycles. The Labute approximate surface area is 223 Å². The van der Waals surface area contributed by atoms with Gasteiger partial charge < -0.3 is 15.0 Å². The maximum Gasteiger partial charge on any atom is 0.270 e. The number of imidazole rings is 1. The molecule has 5 rings (SSSR count). The van der Waals surface area contributed by atoms with Gasteiger partial charge in [-0.15, -0.1) is 0 Å². The third kappa shape index (κ3) is 5.52. The van der Waals surface area contributed by atoms with Crippen molar-refractivity contribution < 1.29 is 13.9 Å². The molecule has 1 aliphatic rings. The Kier molecular flexibility index (Phi) is 7.36. The lowest BCUT2D eigenvalue weighted by molar-refractivity contribution is 0.0944. The fraction of sp³-hybridized carbons (Fsp3) is 0.355. The predicted molar refractivity (Wildman–Crippen MR) is 149 cm³/mol. The van der Waals surface area contributed by atoms with Crippen LogP contribution in [0.2, 0.25) is 0 Å². The zero-order valence-corrected chi connectivity index (χ0v) is 22.5. The summed E-state index contributed by atoms with van der Waals surface area (Å²) in [6, 6.07) is 17.5. The first-order valence-electron chi connectivity index (χ1n) is 13.3. The second-order valence-electron chi connectivity index (χ2n) is 10.4. The SMILES string of the molecule is Cc1ccn2c(C(=O)NCc3ccc(C4CCN(c5ccc(OC(C)C)cc5)CC4)c(F)c3)c(C)nc2c1. The number of pyridine rings is 1. The zero-order valence-electron chi connectivity index (χ0n) is 22.5. The molecule has 0 aliphatic carbocycles. The van der Waals surface area contributed by atoms with Gasteiger partial charge in [0.15, 0.2) is 0 Å². The molecule has 1 amide bonds. The molecule has 3 heterocycles. The molecule has 0 bridgehead atoms. The number of hydrogen-bond acceptors (Lipinski definition) is 4. The number of anilines is 1. The molecule has 0 saturated carbocycles. The summed E-state index contributed by atoms with van der Waals surface area (Å²) < 4.78 is 22.7. The lowest BCUT2D eigenvalue weighted by Crippen LogP contribution is -2.33. The summed E-state index contributed by atoms with van der Waals surface area (Å²) in [5, 5.41) is 2.93. The second kappa shape index (κ2) is 10.9. The van der Waals surface area contributed by atoms with Crippen LogP contribution in [0, 0.1) is 19.7 Å². The maximum atomic E-state index is 15.2. The minimum absolute atomic E-state index is 0.153. The van der Waals surface area contributed by atoms with Gasteiger partial charge in [-0.05, 0) is 106 Å². The Morgan fingerprint density at radius 1 is 1.08 bits per heavy atom. The van der Waals surface area contributed by atoms with Crippen molar-refractivity contribution in [2.45, 2.75) is 59.1 Å². The molecule has 38 heavy (non-hydrogen) atoms. The van der Waals surface area contributed by atoms with Gasteiger partial charge in [-0.3, -0.25) is 9.20 Å². The first-order valence-corrected chi connectivity index (χ1v) is 13.3. The lowest BCUT2D eigenvalue weighted by atomic mass is 9.88. The standard InChI is InChI=1S/C31H35FN4O2/c1-20(2)38-26-8-6-25(7-9-26)35-14-12-24(13-15-35)27-10-5-23(18-28(27)32)19-33-31(37)30-22(4)34-29-17-21(3)11-16-36(29)30/h5-11,16-18,20,24H,12-15,19H2,1-4H3,(H,33,37). The Hall–Kier alpha value is -3.87. The van der Waals surface area contributed by atoms with E-state index in [0.717, 1.165) is 54.0 Å². The van der Waals surface area contributed by atoms with Crippen LogP contribution in [0.25, 0.3) is 5.65 Å². The van der Waals surface area contributed by atoms with Crippen LogP contribution >= 0.6 is 0 Å². The van der Waals surface area contributed by atoms with Crippen molar-refractivity contribution in [3.05, 3.63) is 94.7 Å². The van der Waals surface area contributed by atoms with Crippen LogP contribution in [0.1, 0.15) is 65.5 Å². The Morgan fingerprint density at radius 3 is 2.50 bits per heavy atom. The number of aromatic nitrogens is 2. The summed E-state index contributed by atoms with van der Waals surface area (Å²) in [6.45, 7) is 9.87. The van der Waals surface area contributed by atoms with Crippen molar-refractivity contribution in [3.8, 4) is 5.75 Å². The molecule has 1 fully saturated rings. The van der Waals surface area contributed by atoms with Gasteiger partial charge in [-0.25, -0.2) is 9.37 Å². The fourth-order valence-corrected chi connectivity index (χ4v) is 5.27. The van der Waals surface area contributed by atoms with Gasteiger partial charge in [0, 0.05) is 31.5 Å². The first-order chi connectivity index (χ1) is 18.3. The van der Waals surface area contributed by atoms with E-state index in [1.807, 2.05) is 70.3 Å². The predicted octanol–water partition coefficient (Wildman–Crippen LogP) is 6.19. The highest BCUT2D eigenvalue weighted by Gasteiger charge is 2.24. The number of nitrogens with one attached hydrogen (secondary N) is 1. The normalized spacial score (nSPS) is 14.3. The minimum Gasteiger partial charge on any atom is -0.491 e. The summed E-state index contributed by atoms with van der Waals surface area (Å²) in [5.74, 6) is 0.634. The van der Waals surface area contributed by atoms with E-state index < -0.39 is 0 Å². The second-order valence-corrected chi connectivity index (χ2v) is 10.4. The van der Waals surface area contributed by atoms with Gasteiger partial charge in [0.05, 0.1) is 11.8 Å². The third-order valence-corrected chi connectivity index (χ3v) is 7.20. The van der Waals surface area contributed by atoms with Gasteiger partial charge >= 0.3 is 0 Å². The molecule has 1 saturated heterocycles. The van der Waals surface area contributed by atoms with E-state index >= 15 is 4.39 Å². The Morgan fingerprint density at radius 2 is 1.82 bits per heavy atom. The van der Waals surface area contributed by atoms with Crippen molar-refractivity contribution in [1.82, 2.24) is 14.7 Å². The summed E-state index contributed by atoms with van der Waals surface area (Å²) in [7, 11) is 0. The van der Waals surface area contributed by atoms with E-state index in [9.17, 15) is 4.79 Å². The molecule has 0 spiro atoms. The molecule has 0 atom stereocenters. The molecule has 0 radical (unpaired) electrons. The lowest BCUT2D eigenvalue weighted by Gasteiger charge is -2.34. The van der Waals surface area contributed by atoms with Crippen LogP contribution in [0.4, 0.5) is 10.1 Å². The van der Waals surface area contributed by atoms with Crippen molar-refractivity contribution in [2.24, 2.45) is 0 Å². The van der Waals surface area contributed by atoms with Gasteiger partial charge in [0.1, 0.15) is 22.9 Å². The van der Waals surface area contributed by atoms with Crippen LogP contribution in [0.15, 0.2) is 60.8 Å². The monoisotopic (exact) mass is 514 g/mol. The number of nitrogens with zero attached hydrogens (tertiary/aromatic N) is 3. The van der Waals surface area contributed by atoms with Crippen LogP contribution < -0.4 is 15.0 Å².